The van der Waals surface area contributed by atoms with Crippen molar-refractivity contribution in [1.82, 2.24) is 25.8 Å². The molecule has 0 aliphatic carbocycles. The molecule has 3 aromatic rings. The van der Waals surface area contributed by atoms with Crippen LogP contribution in [0.4, 0.5) is 0 Å². The van der Waals surface area contributed by atoms with Crippen molar-refractivity contribution in [1.29, 1.82) is 0 Å². The van der Waals surface area contributed by atoms with E-state index in [9.17, 15) is 4.79 Å². The Hall–Kier alpha value is -3.39. The summed E-state index contributed by atoms with van der Waals surface area (Å²) in [6.07, 6.45) is 5.65. The fourth-order valence-electron chi connectivity index (χ4n) is 3.11. The molecule has 0 unspecified atom stereocenters. The number of hydrogen-bond acceptors (Lipinski definition) is 6. The molecule has 8 nitrogen and oxygen atoms in total. The molecule has 4 rings (SSSR count). The van der Waals surface area contributed by atoms with E-state index in [4.69, 9.17) is 9.47 Å². The number of carbonyl (C=O) groups excluding carboxylic acids is 1. The van der Waals surface area contributed by atoms with Crippen LogP contribution >= 0.6 is 0 Å². The fraction of sp³-hybridized carbons (Fsp3) is 0.286. The summed E-state index contributed by atoms with van der Waals surface area (Å²) >= 11 is 0. The maximum Gasteiger partial charge on any atom is 0.221 e. The standard InChI is InChI=1S/C21H23N5O3/c27-20(24-12-15-2-1-6-22-11-15)5-7-23-13-17-14-25-26-21(17)16-3-4-18-19(10-16)29-9-8-28-18/h1-4,6,10-11,14,23H,5,7-9,12-13H2,(H,24,27)(H,25,26). The quantitative estimate of drug-likeness (QED) is 0.507. The number of aromatic nitrogens is 3. The van der Waals surface area contributed by atoms with E-state index in [0.717, 1.165) is 33.9 Å². The maximum atomic E-state index is 12.0. The van der Waals surface area contributed by atoms with Crippen LogP contribution in [0.2, 0.25) is 0 Å². The van der Waals surface area contributed by atoms with Crippen molar-refractivity contribution in [2.45, 2.75) is 19.5 Å². The highest BCUT2D eigenvalue weighted by molar-refractivity contribution is 5.76. The first kappa shape index (κ1) is 18.9. The topological polar surface area (TPSA) is 101 Å². The van der Waals surface area contributed by atoms with Gasteiger partial charge in [0.2, 0.25) is 5.91 Å². The summed E-state index contributed by atoms with van der Waals surface area (Å²) in [5, 5.41) is 13.4. The highest BCUT2D eigenvalue weighted by Gasteiger charge is 2.15. The van der Waals surface area contributed by atoms with Gasteiger partial charge in [-0.25, -0.2) is 0 Å². The van der Waals surface area contributed by atoms with E-state index < -0.39 is 0 Å². The molecule has 1 aromatic carbocycles. The Bertz CT molecular complexity index is 958. The Morgan fingerprint density at radius 3 is 2.86 bits per heavy atom. The fourth-order valence-corrected chi connectivity index (χ4v) is 3.11. The summed E-state index contributed by atoms with van der Waals surface area (Å²) in [6.45, 7) is 2.79. The van der Waals surface area contributed by atoms with Gasteiger partial charge in [-0.2, -0.15) is 5.10 Å². The average molecular weight is 393 g/mol. The SMILES string of the molecule is O=C(CCNCc1cn[nH]c1-c1ccc2c(c1)OCCO2)NCc1cccnc1. The average Bonchev–Trinajstić information content (AvgIpc) is 3.24. The minimum absolute atomic E-state index is 0.000561. The lowest BCUT2D eigenvalue weighted by Gasteiger charge is -2.18. The van der Waals surface area contributed by atoms with Crippen molar-refractivity contribution in [2.24, 2.45) is 0 Å². The number of nitrogens with one attached hydrogen (secondary N) is 3. The summed E-state index contributed by atoms with van der Waals surface area (Å²) in [5.41, 5.74) is 3.92. The molecular weight excluding hydrogens is 370 g/mol. The second-order valence-corrected chi connectivity index (χ2v) is 6.69. The number of aromatic amines is 1. The summed E-state index contributed by atoms with van der Waals surface area (Å²) in [4.78, 5) is 16.0. The normalized spacial score (nSPS) is 12.6. The van der Waals surface area contributed by atoms with Crippen molar-refractivity contribution >= 4 is 5.91 Å². The van der Waals surface area contributed by atoms with Crippen molar-refractivity contribution < 1.29 is 14.3 Å². The zero-order chi connectivity index (χ0) is 19.9. The van der Waals surface area contributed by atoms with Crippen LogP contribution in [0, 0.1) is 0 Å². The van der Waals surface area contributed by atoms with E-state index in [-0.39, 0.29) is 5.91 Å². The minimum Gasteiger partial charge on any atom is -0.486 e. The Morgan fingerprint density at radius 1 is 1.10 bits per heavy atom. The first-order valence-electron chi connectivity index (χ1n) is 9.58. The number of fused-ring (bicyclic) bond motifs is 1. The number of pyridine rings is 1. The van der Waals surface area contributed by atoms with E-state index in [1.54, 1.807) is 18.6 Å². The molecule has 0 fully saturated rings. The molecule has 0 saturated carbocycles. The first-order valence-corrected chi connectivity index (χ1v) is 9.58. The molecule has 150 valence electrons. The molecule has 2 aromatic heterocycles. The van der Waals surface area contributed by atoms with Gasteiger partial charge >= 0.3 is 0 Å². The molecule has 1 amide bonds. The number of amides is 1. The van der Waals surface area contributed by atoms with E-state index in [1.807, 2.05) is 30.3 Å². The third-order valence-corrected chi connectivity index (χ3v) is 4.61. The van der Waals surface area contributed by atoms with Gasteiger partial charge in [-0.15, -0.1) is 0 Å². The van der Waals surface area contributed by atoms with Gasteiger partial charge in [-0.3, -0.25) is 14.9 Å². The van der Waals surface area contributed by atoms with E-state index in [0.29, 0.717) is 39.3 Å². The van der Waals surface area contributed by atoms with Gasteiger partial charge < -0.3 is 20.1 Å². The molecule has 0 saturated heterocycles. The number of rotatable bonds is 8. The van der Waals surface area contributed by atoms with Crippen LogP contribution in [-0.4, -0.2) is 40.8 Å². The Morgan fingerprint density at radius 2 is 2.00 bits per heavy atom. The molecular formula is C21H23N5O3. The van der Waals surface area contributed by atoms with Crippen molar-refractivity contribution in [3.05, 3.63) is 60.0 Å². The number of carbonyl (C=O) groups is 1. The number of H-pyrrole nitrogens is 1. The zero-order valence-corrected chi connectivity index (χ0v) is 16.0. The molecule has 1 aliphatic rings. The second-order valence-electron chi connectivity index (χ2n) is 6.69. The lowest BCUT2D eigenvalue weighted by Crippen LogP contribution is -2.27. The Labute approximate surface area is 168 Å². The lowest BCUT2D eigenvalue weighted by atomic mass is 10.1. The summed E-state index contributed by atoms with van der Waals surface area (Å²) in [7, 11) is 0. The van der Waals surface area contributed by atoms with Gasteiger partial charge in [-0.1, -0.05) is 6.07 Å². The maximum absolute atomic E-state index is 12.0. The van der Waals surface area contributed by atoms with Gasteiger partial charge in [0.25, 0.3) is 0 Å². The lowest BCUT2D eigenvalue weighted by molar-refractivity contribution is -0.121. The van der Waals surface area contributed by atoms with Gasteiger partial charge in [0, 0.05) is 49.6 Å². The number of nitrogens with zero attached hydrogens (tertiary/aromatic N) is 2. The van der Waals surface area contributed by atoms with Crippen LogP contribution in [0.15, 0.2) is 48.9 Å². The Kier molecular flexibility index (Phi) is 6.01. The van der Waals surface area contributed by atoms with Crippen LogP contribution in [0.25, 0.3) is 11.3 Å². The van der Waals surface area contributed by atoms with Crippen molar-refractivity contribution in [2.75, 3.05) is 19.8 Å². The van der Waals surface area contributed by atoms with Gasteiger partial charge in [0.15, 0.2) is 11.5 Å². The van der Waals surface area contributed by atoms with Crippen LogP contribution in [0.5, 0.6) is 11.5 Å². The van der Waals surface area contributed by atoms with E-state index in [2.05, 4.69) is 25.8 Å². The summed E-state index contributed by atoms with van der Waals surface area (Å²) in [6, 6.07) is 9.64. The first-order chi connectivity index (χ1) is 14.3. The third kappa shape index (κ3) is 4.91. The molecule has 0 spiro atoms. The predicted octanol–water partition coefficient (Wildman–Crippen LogP) is 2.04. The monoisotopic (exact) mass is 393 g/mol. The van der Waals surface area contributed by atoms with Crippen LogP contribution in [0.3, 0.4) is 0 Å². The third-order valence-electron chi connectivity index (χ3n) is 4.61. The highest BCUT2D eigenvalue weighted by Crippen LogP contribution is 2.34. The number of ether oxygens (including phenoxy) is 2. The van der Waals surface area contributed by atoms with Crippen LogP contribution < -0.4 is 20.1 Å². The summed E-state index contributed by atoms with van der Waals surface area (Å²) < 4.78 is 11.2. The molecule has 0 radical (unpaired) electrons. The molecule has 8 heteroatoms. The minimum atomic E-state index is 0.000561. The molecule has 0 bridgehead atoms. The smallest absolute Gasteiger partial charge is 0.221 e. The molecule has 0 atom stereocenters. The zero-order valence-electron chi connectivity index (χ0n) is 16.0. The second kappa shape index (κ2) is 9.20. The number of hydrogen-bond donors (Lipinski definition) is 3. The van der Waals surface area contributed by atoms with E-state index in [1.165, 1.54) is 0 Å². The number of benzene rings is 1. The Balaban J connectivity index is 1.26. The predicted molar refractivity (Wildman–Crippen MR) is 107 cm³/mol. The van der Waals surface area contributed by atoms with Gasteiger partial charge in [-0.05, 0) is 29.8 Å². The largest absolute Gasteiger partial charge is 0.486 e. The summed E-state index contributed by atoms with van der Waals surface area (Å²) in [5.74, 6) is 1.50. The molecule has 29 heavy (non-hydrogen) atoms. The highest BCUT2D eigenvalue weighted by atomic mass is 16.6. The van der Waals surface area contributed by atoms with E-state index >= 15 is 0 Å². The molecule has 1 aliphatic heterocycles. The van der Waals surface area contributed by atoms with Crippen molar-refractivity contribution in [3.8, 4) is 22.8 Å². The van der Waals surface area contributed by atoms with Crippen molar-refractivity contribution in [3.63, 3.8) is 0 Å². The molecule has 3 N–H and O–H groups in total. The van der Waals surface area contributed by atoms with Gasteiger partial charge in [0.05, 0.1) is 11.9 Å². The molecule has 3 heterocycles. The van der Waals surface area contributed by atoms with Gasteiger partial charge in [0.1, 0.15) is 13.2 Å². The van der Waals surface area contributed by atoms with Crippen LogP contribution in [-0.2, 0) is 17.9 Å². The van der Waals surface area contributed by atoms with Crippen LogP contribution in [0.1, 0.15) is 17.5 Å².